The van der Waals surface area contributed by atoms with Gasteiger partial charge in [-0.3, -0.25) is 0 Å². The summed E-state index contributed by atoms with van der Waals surface area (Å²) in [4.78, 5) is 16.3. The van der Waals surface area contributed by atoms with Crippen molar-refractivity contribution in [1.29, 1.82) is 0 Å². The molecule has 0 unspecified atom stereocenters. The van der Waals surface area contributed by atoms with Crippen LogP contribution in [0.5, 0.6) is 0 Å². The molecule has 1 aromatic heterocycles. The van der Waals surface area contributed by atoms with E-state index in [1.165, 1.54) is 10.4 Å². The number of nitrogens with zero attached hydrogens (tertiary/aromatic N) is 1. The Labute approximate surface area is 90.0 Å². The van der Waals surface area contributed by atoms with Gasteiger partial charge in [0.2, 0.25) is 0 Å². The lowest BCUT2D eigenvalue weighted by molar-refractivity contribution is 0.0697. The van der Waals surface area contributed by atoms with Crippen molar-refractivity contribution >= 4 is 17.3 Å². The number of carboxylic acids is 1. The molecular weight excluding hydrogens is 210 g/mol. The van der Waals surface area contributed by atoms with Crippen LogP contribution in [-0.2, 0) is 6.42 Å². The fourth-order valence-electron chi connectivity index (χ4n) is 1.87. The Morgan fingerprint density at radius 1 is 1.47 bits per heavy atom. The van der Waals surface area contributed by atoms with Gasteiger partial charge in [0.1, 0.15) is 0 Å². The van der Waals surface area contributed by atoms with Gasteiger partial charge in [-0.25, -0.2) is 9.78 Å². The fraction of sp³-hybridized carbons (Fsp3) is 0.0909. The highest BCUT2D eigenvalue weighted by molar-refractivity contribution is 7.10. The van der Waals surface area contributed by atoms with E-state index >= 15 is 0 Å². The molecule has 0 radical (unpaired) electrons. The Hall–Kier alpha value is -1.68. The van der Waals surface area contributed by atoms with Gasteiger partial charge in [0, 0.05) is 16.9 Å². The van der Waals surface area contributed by atoms with Gasteiger partial charge >= 0.3 is 5.97 Å². The zero-order valence-corrected chi connectivity index (χ0v) is 8.54. The normalized spacial score (nSPS) is 12.3. The minimum absolute atomic E-state index is 0.328. The third-order valence-corrected chi connectivity index (χ3v) is 3.44. The smallest absolute Gasteiger partial charge is 0.335 e. The maximum absolute atomic E-state index is 10.8. The summed E-state index contributed by atoms with van der Waals surface area (Å²) in [5.74, 6) is -0.888. The third-order valence-electron chi connectivity index (χ3n) is 2.60. The molecule has 1 aliphatic carbocycles. The molecule has 0 bridgehead atoms. The summed E-state index contributed by atoms with van der Waals surface area (Å²) in [6.45, 7) is 0. The van der Waals surface area contributed by atoms with Gasteiger partial charge in [0.25, 0.3) is 0 Å². The Kier molecular flexibility index (Phi) is 1.67. The molecule has 74 valence electrons. The second-order valence-electron chi connectivity index (χ2n) is 3.48. The van der Waals surface area contributed by atoms with E-state index in [2.05, 4.69) is 4.98 Å². The molecule has 15 heavy (non-hydrogen) atoms. The van der Waals surface area contributed by atoms with Crippen LogP contribution in [0.15, 0.2) is 23.7 Å². The first-order valence-corrected chi connectivity index (χ1v) is 5.42. The number of carboxylic acid groups (broad SMARTS) is 1. The van der Waals surface area contributed by atoms with E-state index in [-0.39, 0.29) is 0 Å². The summed E-state index contributed by atoms with van der Waals surface area (Å²) >= 11 is 1.62. The predicted octanol–water partition coefficient (Wildman–Crippen LogP) is 2.41. The molecule has 0 spiro atoms. The SMILES string of the molecule is O=C(O)c1ccc2c(c1)-c1ncsc1C2. The van der Waals surface area contributed by atoms with E-state index in [4.69, 9.17) is 5.11 Å². The molecule has 3 nitrogen and oxygen atoms in total. The molecule has 1 N–H and O–H groups in total. The van der Waals surface area contributed by atoms with Crippen molar-refractivity contribution in [2.24, 2.45) is 0 Å². The van der Waals surface area contributed by atoms with Crippen LogP contribution in [0.25, 0.3) is 11.3 Å². The van der Waals surface area contributed by atoms with Gasteiger partial charge in [-0.15, -0.1) is 11.3 Å². The van der Waals surface area contributed by atoms with Gasteiger partial charge in [0.15, 0.2) is 0 Å². The summed E-state index contributed by atoms with van der Waals surface area (Å²) in [5.41, 5.74) is 5.24. The lowest BCUT2D eigenvalue weighted by Crippen LogP contribution is -1.96. The van der Waals surface area contributed by atoms with Crippen molar-refractivity contribution in [3.8, 4) is 11.3 Å². The Morgan fingerprint density at radius 2 is 2.33 bits per heavy atom. The van der Waals surface area contributed by atoms with Crippen LogP contribution in [0.3, 0.4) is 0 Å². The number of aromatic nitrogens is 1. The summed E-state index contributed by atoms with van der Waals surface area (Å²) in [6.07, 6.45) is 0.884. The lowest BCUT2D eigenvalue weighted by atomic mass is 10.1. The van der Waals surface area contributed by atoms with E-state index in [1.807, 2.05) is 6.07 Å². The highest BCUT2D eigenvalue weighted by Gasteiger charge is 2.22. The lowest BCUT2D eigenvalue weighted by Gasteiger charge is -2.00. The van der Waals surface area contributed by atoms with Crippen LogP contribution in [0.2, 0.25) is 0 Å². The molecule has 0 fully saturated rings. The quantitative estimate of drug-likeness (QED) is 0.681. The van der Waals surface area contributed by atoms with E-state index < -0.39 is 5.97 Å². The highest BCUT2D eigenvalue weighted by atomic mass is 32.1. The van der Waals surface area contributed by atoms with Crippen molar-refractivity contribution in [1.82, 2.24) is 4.98 Å². The molecule has 4 heteroatoms. The first kappa shape index (κ1) is 8.61. The second-order valence-corrected chi connectivity index (χ2v) is 4.42. The topological polar surface area (TPSA) is 50.2 Å². The zero-order valence-electron chi connectivity index (χ0n) is 7.73. The van der Waals surface area contributed by atoms with Crippen LogP contribution in [0, 0.1) is 0 Å². The highest BCUT2D eigenvalue weighted by Crippen LogP contribution is 2.38. The molecule has 0 amide bonds. The molecule has 0 atom stereocenters. The first-order valence-electron chi connectivity index (χ1n) is 4.54. The summed E-state index contributed by atoms with van der Waals surface area (Å²) in [7, 11) is 0. The maximum Gasteiger partial charge on any atom is 0.335 e. The van der Waals surface area contributed by atoms with Crippen molar-refractivity contribution in [3.05, 3.63) is 39.7 Å². The number of hydrogen-bond donors (Lipinski definition) is 1. The summed E-state index contributed by atoms with van der Waals surface area (Å²) in [6, 6.07) is 5.24. The molecule has 3 rings (SSSR count). The number of thiazole rings is 1. The Bertz CT molecular complexity index is 559. The van der Waals surface area contributed by atoms with Gasteiger partial charge in [-0.05, 0) is 17.7 Å². The summed E-state index contributed by atoms with van der Waals surface area (Å²) < 4.78 is 0. The van der Waals surface area contributed by atoms with Gasteiger partial charge < -0.3 is 5.11 Å². The largest absolute Gasteiger partial charge is 0.478 e. The van der Waals surface area contributed by atoms with Crippen LogP contribution in [0.1, 0.15) is 20.8 Å². The van der Waals surface area contributed by atoms with E-state index in [0.717, 1.165) is 17.7 Å². The number of rotatable bonds is 1. The molecule has 1 aromatic carbocycles. The standard InChI is InChI=1S/C11H7NO2S/c13-11(14)7-2-1-6-4-9-10(8(6)3-7)12-5-15-9/h1-3,5H,4H2,(H,13,14). The molecule has 2 aromatic rings. The fourth-order valence-corrected chi connectivity index (χ4v) is 2.67. The van der Waals surface area contributed by atoms with E-state index in [9.17, 15) is 4.79 Å². The molecule has 0 saturated carbocycles. The number of fused-ring (bicyclic) bond motifs is 3. The van der Waals surface area contributed by atoms with Crippen LogP contribution in [-0.4, -0.2) is 16.1 Å². The number of benzene rings is 1. The van der Waals surface area contributed by atoms with Crippen molar-refractivity contribution in [3.63, 3.8) is 0 Å². The predicted molar refractivity (Wildman–Crippen MR) is 57.3 cm³/mol. The van der Waals surface area contributed by atoms with Crippen molar-refractivity contribution in [2.45, 2.75) is 6.42 Å². The number of aromatic carboxylic acids is 1. The monoisotopic (exact) mass is 217 g/mol. The third kappa shape index (κ3) is 1.18. The van der Waals surface area contributed by atoms with Gasteiger partial charge in [-0.2, -0.15) is 0 Å². The Morgan fingerprint density at radius 3 is 3.13 bits per heavy atom. The second kappa shape index (κ2) is 2.90. The zero-order chi connectivity index (χ0) is 10.4. The minimum Gasteiger partial charge on any atom is -0.478 e. The molecular formula is C11H7NO2S. The van der Waals surface area contributed by atoms with Crippen molar-refractivity contribution < 1.29 is 9.90 Å². The molecule has 0 saturated heterocycles. The average molecular weight is 217 g/mol. The van der Waals surface area contributed by atoms with Gasteiger partial charge in [0.05, 0.1) is 16.8 Å². The van der Waals surface area contributed by atoms with Crippen LogP contribution < -0.4 is 0 Å². The Balaban J connectivity index is 2.22. The van der Waals surface area contributed by atoms with Crippen LogP contribution >= 0.6 is 11.3 Å². The van der Waals surface area contributed by atoms with Crippen LogP contribution in [0.4, 0.5) is 0 Å². The number of hydrogen-bond acceptors (Lipinski definition) is 3. The average Bonchev–Trinajstić information content (AvgIpc) is 2.75. The van der Waals surface area contributed by atoms with Crippen molar-refractivity contribution in [2.75, 3.05) is 0 Å². The molecule has 0 aliphatic heterocycles. The van der Waals surface area contributed by atoms with Gasteiger partial charge in [-0.1, -0.05) is 6.07 Å². The molecule has 1 aliphatic rings. The summed E-state index contributed by atoms with van der Waals surface area (Å²) in [5, 5.41) is 8.90. The number of carbonyl (C=O) groups is 1. The minimum atomic E-state index is -0.888. The molecule has 1 heterocycles. The van der Waals surface area contributed by atoms with E-state index in [0.29, 0.717) is 5.56 Å². The van der Waals surface area contributed by atoms with E-state index in [1.54, 1.807) is 29.0 Å². The maximum atomic E-state index is 10.8. The first-order chi connectivity index (χ1) is 7.25.